The Morgan fingerprint density at radius 2 is 1.58 bits per heavy atom. The van der Waals surface area contributed by atoms with E-state index in [1.54, 1.807) is 6.08 Å². The molecule has 2 nitrogen and oxygen atoms in total. The Morgan fingerprint density at radius 3 is 2.24 bits per heavy atom. The van der Waals surface area contributed by atoms with Gasteiger partial charge in [-0.1, -0.05) is 24.6 Å². The van der Waals surface area contributed by atoms with Gasteiger partial charge in [-0.2, -0.15) is 0 Å². The molecule has 2 saturated carbocycles. The maximum Gasteiger partial charge on any atom is 0.343 e. The van der Waals surface area contributed by atoms with Crippen molar-refractivity contribution < 1.29 is 27.1 Å². The van der Waals surface area contributed by atoms with Crippen LogP contribution >= 0.6 is 0 Å². The van der Waals surface area contributed by atoms with Crippen molar-refractivity contribution >= 4 is 5.97 Å². The molecular formula is C32H36F4O2. The van der Waals surface area contributed by atoms with E-state index >= 15 is 8.78 Å². The van der Waals surface area contributed by atoms with E-state index in [1.165, 1.54) is 12.8 Å². The van der Waals surface area contributed by atoms with Crippen molar-refractivity contribution in [1.29, 1.82) is 0 Å². The van der Waals surface area contributed by atoms with Crippen LogP contribution < -0.4 is 4.74 Å². The molecule has 0 aromatic heterocycles. The molecule has 2 aromatic carbocycles. The second-order valence-corrected chi connectivity index (χ2v) is 10.8. The van der Waals surface area contributed by atoms with E-state index in [9.17, 15) is 13.6 Å². The van der Waals surface area contributed by atoms with Crippen molar-refractivity contribution in [2.24, 2.45) is 17.8 Å². The van der Waals surface area contributed by atoms with Crippen LogP contribution in [0.3, 0.4) is 0 Å². The summed E-state index contributed by atoms with van der Waals surface area (Å²) in [6, 6.07) is 3.73. The molecule has 0 aliphatic heterocycles. The molecule has 6 heteroatoms. The lowest BCUT2D eigenvalue weighted by Gasteiger charge is -2.42. The highest BCUT2D eigenvalue weighted by atomic mass is 19.1. The SMILES string of the molecule is C=CCCc1c(F)cc(OC(=O)c2cc(F)c(C3CCC4CC(CC/C=C/C)CCC4C3)c(F)c2)cc1F. The quantitative estimate of drug-likeness (QED) is 0.140. The third kappa shape index (κ3) is 6.57. The minimum absolute atomic E-state index is 0.0267. The van der Waals surface area contributed by atoms with Crippen LogP contribution in [0.4, 0.5) is 17.6 Å². The molecule has 0 amide bonds. The lowest BCUT2D eigenvalue weighted by Crippen LogP contribution is -2.31. The number of hydrogen-bond donors (Lipinski definition) is 0. The number of fused-ring (bicyclic) bond motifs is 1. The molecule has 0 N–H and O–H groups in total. The van der Waals surface area contributed by atoms with Crippen LogP contribution in [0.15, 0.2) is 49.1 Å². The van der Waals surface area contributed by atoms with Gasteiger partial charge in [0.2, 0.25) is 0 Å². The lowest BCUT2D eigenvalue weighted by atomic mass is 9.63. The smallest absolute Gasteiger partial charge is 0.343 e. The number of hydrogen-bond acceptors (Lipinski definition) is 2. The first-order chi connectivity index (χ1) is 18.3. The van der Waals surface area contributed by atoms with Gasteiger partial charge >= 0.3 is 5.97 Å². The number of carbonyl (C=O) groups excluding carboxylic acids is 1. The van der Waals surface area contributed by atoms with Crippen molar-refractivity contribution in [2.75, 3.05) is 0 Å². The van der Waals surface area contributed by atoms with E-state index in [2.05, 4.69) is 18.7 Å². The van der Waals surface area contributed by atoms with Gasteiger partial charge in [0.05, 0.1) is 5.56 Å². The van der Waals surface area contributed by atoms with E-state index in [4.69, 9.17) is 4.74 Å². The zero-order valence-electron chi connectivity index (χ0n) is 22.0. The molecule has 0 heterocycles. The van der Waals surface area contributed by atoms with E-state index in [0.717, 1.165) is 68.7 Å². The highest BCUT2D eigenvalue weighted by Gasteiger charge is 2.37. The molecule has 2 aliphatic rings. The highest BCUT2D eigenvalue weighted by molar-refractivity contribution is 5.91. The van der Waals surface area contributed by atoms with E-state index in [0.29, 0.717) is 18.3 Å². The van der Waals surface area contributed by atoms with Crippen molar-refractivity contribution in [3.63, 3.8) is 0 Å². The van der Waals surface area contributed by atoms with Crippen molar-refractivity contribution in [3.05, 3.63) is 89.0 Å². The van der Waals surface area contributed by atoms with Crippen molar-refractivity contribution in [2.45, 2.75) is 77.0 Å². The zero-order valence-corrected chi connectivity index (χ0v) is 22.0. The fourth-order valence-corrected chi connectivity index (χ4v) is 6.39. The molecule has 4 unspecified atom stereocenters. The van der Waals surface area contributed by atoms with E-state index in [1.807, 2.05) is 6.92 Å². The molecule has 2 aliphatic carbocycles. The summed E-state index contributed by atoms with van der Waals surface area (Å²) in [5, 5.41) is 0. The van der Waals surface area contributed by atoms with Crippen LogP contribution in [0.25, 0.3) is 0 Å². The van der Waals surface area contributed by atoms with Gasteiger partial charge in [-0.25, -0.2) is 22.4 Å². The average Bonchev–Trinajstić information content (AvgIpc) is 2.88. The van der Waals surface area contributed by atoms with Crippen molar-refractivity contribution in [1.82, 2.24) is 0 Å². The Balaban J connectivity index is 1.41. The predicted octanol–water partition coefficient (Wildman–Crippen LogP) is 9.24. The number of esters is 1. The van der Waals surface area contributed by atoms with Gasteiger partial charge in [-0.05, 0) is 101 Å². The first-order valence-corrected chi connectivity index (χ1v) is 13.7. The Kier molecular flexibility index (Phi) is 9.45. The van der Waals surface area contributed by atoms with E-state index in [-0.39, 0.29) is 34.8 Å². The molecule has 38 heavy (non-hydrogen) atoms. The molecule has 0 bridgehead atoms. The second kappa shape index (κ2) is 12.8. The summed E-state index contributed by atoms with van der Waals surface area (Å²) in [7, 11) is 0. The first kappa shape index (κ1) is 28.1. The summed E-state index contributed by atoms with van der Waals surface area (Å²) in [5.74, 6) is -3.14. The third-order valence-electron chi connectivity index (χ3n) is 8.35. The first-order valence-electron chi connectivity index (χ1n) is 13.7. The summed E-state index contributed by atoms with van der Waals surface area (Å²) in [4.78, 5) is 12.6. The number of allylic oxidation sites excluding steroid dienone is 3. The number of benzene rings is 2. The van der Waals surface area contributed by atoms with Gasteiger partial charge in [-0.15, -0.1) is 6.58 Å². The van der Waals surface area contributed by atoms with Gasteiger partial charge in [0.15, 0.2) is 0 Å². The number of halogens is 4. The summed E-state index contributed by atoms with van der Waals surface area (Å²) in [6.45, 7) is 5.57. The average molecular weight is 529 g/mol. The number of rotatable bonds is 9. The Morgan fingerprint density at radius 1 is 0.921 bits per heavy atom. The summed E-state index contributed by atoms with van der Waals surface area (Å²) >= 11 is 0. The van der Waals surface area contributed by atoms with Crippen LogP contribution in [0.1, 0.15) is 92.1 Å². The highest BCUT2D eigenvalue weighted by Crippen LogP contribution is 2.49. The lowest BCUT2D eigenvalue weighted by molar-refractivity contribution is 0.0732. The molecule has 4 atom stereocenters. The maximum absolute atomic E-state index is 15.2. The topological polar surface area (TPSA) is 26.3 Å². The Hall–Kier alpha value is -2.89. The largest absolute Gasteiger partial charge is 0.423 e. The van der Waals surface area contributed by atoms with Gasteiger partial charge in [-0.3, -0.25) is 0 Å². The second-order valence-electron chi connectivity index (χ2n) is 10.8. The molecule has 2 aromatic rings. The normalized spacial score (nSPS) is 23.3. The van der Waals surface area contributed by atoms with Gasteiger partial charge in [0.25, 0.3) is 0 Å². The minimum atomic E-state index is -1.08. The molecular weight excluding hydrogens is 492 g/mol. The molecule has 0 saturated heterocycles. The Labute approximate surface area is 222 Å². The number of carbonyl (C=O) groups is 1. The van der Waals surface area contributed by atoms with Crippen LogP contribution in [0, 0.1) is 41.0 Å². The number of ether oxygens (including phenoxy) is 1. The molecule has 0 spiro atoms. The molecule has 2 fully saturated rings. The van der Waals surface area contributed by atoms with Crippen LogP contribution in [0.2, 0.25) is 0 Å². The molecule has 0 radical (unpaired) electrons. The summed E-state index contributed by atoms with van der Waals surface area (Å²) in [6.07, 6.45) is 14.5. The van der Waals surface area contributed by atoms with E-state index < -0.39 is 29.2 Å². The monoisotopic (exact) mass is 528 g/mol. The summed E-state index contributed by atoms with van der Waals surface area (Å²) < 4.78 is 64.0. The van der Waals surface area contributed by atoms with Gasteiger partial charge in [0, 0.05) is 23.3 Å². The fraction of sp³-hybridized carbons (Fsp3) is 0.469. The van der Waals surface area contributed by atoms with Crippen LogP contribution in [0.5, 0.6) is 5.75 Å². The molecule has 204 valence electrons. The van der Waals surface area contributed by atoms with Crippen LogP contribution in [-0.2, 0) is 6.42 Å². The fourth-order valence-electron chi connectivity index (χ4n) is 6.39. The molecule has 4 rings (SSSR count). The summed E-state index contributed by atoms with van der Waals surface area (Å²) in [5.41, 5.74) is -0.447. The standard InChI is InChI=1S/C32H36F4O2/c1-3-5-7-8-20-10-11-22-15-23(13-12-21(22)14-20)31-29(35)16-24(17-30(31)36)32(37)38-25-18-27(33)26(9-6-4-2)28(34)19-25/h3-5,16-23H,2,6-15H2,1H3/b5-3+. The predicted molar refractivity (Wildman–Crippen MR) is 141 cm³/mol. The minimum Gasteiger partial charge on any atom is -0.423 e. The van der Waals surface area contributed by atoms with Crippen molar-refractivity contribution in [3.8, 4) is 5.75 Å². The van der Waals surface area contributed by atoms with Gasteiger partial charge < -0.3 is 4.74 Å². The van der Waals surface area contributed by atoms with Crippen LogP contribution in [-0.4, -0.2) is 5.97 Å². The zero-order chi connectivity index (χ0) is 27.2. The van der Waals surface area contributed by atoms with Gasteiger partial charge in [0.1, 0.15) is 29.0 Å². The Bertz CT molecular complexity index is 1140. The third-order valence-corrected chi connectivity index (χ3v) is 8.35. The maximum atomic E-state index is 15.2.